The van der Waals surface area contributed by atoms with Gasteiger partial charge in [-0.3, -0.25) is 4.72 Å². The number of anilines is 1. The van der Waals surface area contributed by atoms with Crippen molar-refractivity contribution in [3.63, 3.8) is 0 Å². The van der Waals surface area contributed by atoms with Crippen molar-refractivity contribution in [1.82, 2.24) is 0 Å². The van der Waals surface area contributed by atoms with Crippen LogP contribution in [0.15, 0.2) is 75.4 Å². The van der Waals surface area contributed by atoms with Gasteiger partial charge in [-0.25, -0.2) is 16.8 Å². The molecule has 0 aliphatic carbocycles. The molecule has 9 heteroatoms. The maximum atomic E-state index is 13.0. The Morgan fingerprint density at radius 2 is 1.41 bits per heavy atom. The Morgan fingerprint density at radius 1 is 0.828 bits per heavy atom. The minimum Gasteiger partial charge on any atom is -0.506 e. The Kier molecular flexibility index (Phi) is 5.62. The summed E-state index contributed by atoms with van der Waals surface area (Å²) in [5.41, 5.74) is 0.736. The molecule has 0 saturated heterocycles. The Bertz CT molecular complexity index is 1270. The maximum Gasteiger partial charge on any atom is 0.261 e. The highest BCUT2D eigenvalue weighted by Gasteiger charge is 2.26. The van der Waals surface area contributed by atoms with Crippen molar-refractivity contribution >= 4 is 37.1 Å². The summed E-state index contributed by atoms with van der Waals surface area (Å²) < 4.78 is 53.9. The molecule has 3 aromatic rings. The zero-order valence-electron chi connectivity index (χ0n) is 15.5. The van der Waals surface area contributed by atoms with Crippen LogP contribution >= 0.6 is 11.6 Å². The van der Waals surface area contributed by atoms with Crippen LogP contribution in [-0.4, -0.2) is 21.9 Å². The number of phenols is 1. The highest BCUT2D eigenvalue weighted by molar-refractivity contribution is 7.93. The fraction of sp³-hybridized carbons (Fsp3) is 0.100. The maximum absolute atomic E-state index is 13.0. The summed E-state index contributed by atoms with van der Waals surface area (Å²) in [7, 11) is -8.05. The number of benzene rings is 3. The van der Waals surface area contributed by atoms with E-state index in [1.807, 2.05) is 0 Å². The molecule has 0 unspecified atom stereocenters. The summed E-state index contributed by atoms with van der Waals surface area (Å²) in [6.07, 6.45) is 0. The number of phenolic OH excluding ortho intramolecular Hbond substituents is 1. The first kappa shape index (κ1) is 21.2. The van der Waals surface area contributed by atoms with E-state index < -0.39 is 30.5 Å². The van der Waals surface area contributed by atoms with Crippen molar-refractivity contribution < 1.29 is 21.9 Å². The first-order valence-corrected chi connectivity index (χ1v) is 11.8. The van der Waals surface area contributed by atoms with E-state index in [0.29, 0.717) is 10.6 Å². The smallest absolute Gasteiger partial charge is 0.261 e. The van der Waals surface area contributed by atoms with E-state index in [2.05, 4.69) is 4.72 Å². The second-order valence-electron chi connectivity index (χ2n) is 6.40. The van der Waals surface area contributed by atoms with Gasteiger partial charge in [0.1, 0.15) is 10.6 Å². The van der Waals surface area contributed by atoms with Gasteiger partial charge in [0.25, 0.3) is 10.0 Å². The van der Waals surface area contributed by atoms with Crippen LogP contribution in [0.5, 0.6) is 5.75 Å². The minimum absolute atomic E-state index is 0.0345. The largest absolute Gasteiger partial charge is 0.506 e. The number of hydrogen-bond donors (Lipinski definition) is 2. The first-order valence-electron chi connectivity index (χ1n) is 8.46. The van der Waals surface area contributed by atoms with Gasteiger partial charge >= 0.3 is 0 Å². The summed E-state index contributed by atoms with van der Waals surface area (Å²) in [5, 5.41) is 10.9. The molecule has 0 bridgehead atoms. The number of sulfonamides is 1. The van der Waals surface area contributed by atoms with Crippen molar-refractivity contribution in [1.29, 1.82) is 0 Å². The molecule has 152 valence electrons. The lowest BCUT2D eigenvalue weighted by Crippen LogP contribution is -2.15. The number of nitrogens with one attached hydrogen (secondary N) is 1. The van der Waals surface area contributed by atoms with Crippen LogP contribution in [0.4, 0.5) is 5.69 Å². The Labute approximate surface area is 174 Å². The molecule has 0 aromatic heterocycles. The van der Waals surface area contributed by atoms with Crippen LogP contribution in [0.25, 0.3) is 0 Å². The molecule has 2 N–H and O–H groups in total. The van der Waals surface area contributed by atoms with Crippen molar-refractivity contribution in [2.75, 3.05) is 4.72 Å². The van der Waals surface area contributed by atoms with Gasteiger partial charge < -0.3 is 5.11 Å². The van der Waals surface area contributed by atoms with Gasteiger partial charge in [-0.2, -0.15) is 0 Å². The van der Waals surface area contributed by atoms with E-state index in [0.717, 1.165) is 6.07 Å². The van der Waals surface area contributed by atoms with Gasteiger partial charge in [0.15, 0.2) is 0 Å². The predicted octanol–water partition coefficient (Wildman–Crippen LogP) is 4.30. The van der Waals surface area contributed by atoms with E-state index in [-0.39, 0.29) is 21.0 Å². The molecular weight excluding hydrogens is 434 g/mol. The highest BCUT2D eigenvalue weighted by Crippen LogP contribution is 2.37. The van der Waals surface area contributed by atoms with Crippen LogP contribution in [0, 0.1) is 13.8 Å². The molecule has 29 heavy (non-hydrogen) atoms. The minimum atomic E-state index is -4.11. The number of hydrogen-bond acceptors (Lipinski definition) is 5. The number of rotatable bonds is 5. The van der Waals surface area contributed by atoms with Crippen molar-refractivity contribution in [2.24, 2.45) is 0 Å². The molecule has 3 rings (SSSR count). The zero-order chi connectivity index (χ0) is 21.4. The van der Waals surface area contributed by atoms with Crippen LogP contribution < -0.4 is 4.72 Å². The normalized spacial score (nSPS) is 12.0. The summed E-state index contributed by atoms with van der Waals surface area (Å²) in [6, 6.07) is 14.3. The summed E-state index contributed by atoms with van der Waals surface area (Å²) in [6.45, 7) is 3.11. The monoisotopic (exact) mass is 451 g/mol. The molecular formula is C20H18ClNO5S2. The quantitative estimate of drug-likeness (QED) is 0.563. The van der Waals surface area contributed by atoms with Crippen LogP contribution in [0.1, 0.15) is 11.1 Å². The van der Waals surface area contributed by atoms with Gasteiger partial charge in [0.05, 0.1) is 15.5 Å². The van der Waals surface area contributed by atoms with Crippen molar-refractivity contribution in [3.05, 3.63) is 76.8 Å². The first-order chi connectivity index (χ1) is 13.5. The predicted molar refractivity (Wildman–Crippen MR) is 112 cm³/mol. The molecule has 0 atom stereocenters. The SMILES string of the molecule is Cc1c(NS(=O)(=O)c2ccccc2)cc(S(=O)(=O)c2ccc(Cl)cc2)c(O)c1C. The molecule has 0 amide bonds. The third kappa shape index (κ3) is 4.10. The third-order valence-electron chi connectivity index (χ3n) is 4.54. The van der Waals surface area contributed by atoms with Crippen molar-refractivity contribution in [3.8, 4) is 5.75 Å². The molecule has 0 saturated carbocycles. The Balaban J connectivity index is 2.14. The molecule has 0 radical (unpaired) electrons. The lowest BCUT2D eigenvalue weighted by Gasteiger charge is -2.17. The number of aromatic hydroxyl groups is 1. The highest BCUT2D eigenvalue weighted by atomic mass is 35.5. The van der Waals surface area contributed by atoms with Crippen molar-refractivity contribution in [2.45, 2.75) is 28.5 Å². The molecule has 0 spiro atoms. The third-order valence-corrected chi connectivity index (χ3v) is 7.96. The Hall–Kier alpha value is -2.55. The second kappa shape index (κ2) is 7.70. The van der Waals surface area contributed by atoms with Gasteiger partial charge in [0, 0.05) is 5.02 Å². The van der Waals surface area contributed by atoms with Crippen LogP contribution in [0.3, 0.4) is 0 Å². The molecule has 0 fully saturated rings. The fourth-order valence-electron chi connectivity index (χ4n) is 2.73. The average Bonchev–Trinajstić information content (AvgIpc) is 2.69. The molecule has 0 aliphatic heterocycles. The zero-order valence-corrected chi connectivity index (χ0v) is 17.9. The van der Waals surface area contributed by atoms with Crippen LogP contribution in [0.2, 0.25) is 5.02 Å². The topological polar surface area (TPSA) is 101 Å². The van der Waals surface area contributed by atoms with Gasteiger partial charge in [-0.05, 0) is 67.4 Å². The van der Waals surface area contributed by atoms with Crippen LogP contribution in [-0.2, 0) is 19.9 Å². The number of halogens is 1. The van der Waals surface area contributed by atoms with E-state index in [1.165, 1.54) is 43.3 Å². The van der Waals surface area contributed by atoms with Gasteiger partial charge in [0.2, 0.25) is 9.84 Å². The summed E-state index contributed by atoms with van der Waals surface area (Å²) in [4.78, 5) is -0.432. The molecule has 0 aliphatic rings. The van der Waals surface area contributed by atoms with E-state index in [9.17, 15) is 21.9 Å². The van der Waals surface area contributed by atoms with E-state index in [4.69, 9.17) is 11.6 Å². The second-order valence-corrected chi connectivity index (χ2v) is 10.4. The molecule has 3 aromatic carbocycles. The van der Waals surface area contributed by atoms with E-state index in [1.54, 1.807) is 25.1 Å². The molecule has 6 nitrogen and oxygen atoms in total. The summed E-state index contributed by atoms with van der Waals surface area (Å²) in [5.74, 6) is -0.430. The lowest BCUT2D eigenvalue weighted by molar-refractivity contribution is 0.454. The van der Waals surface area contributed by atoms with E-state index >= 15 is 0 Å². The van der Waals surface area contributed by atoms with Gasteiger partial charge in [-0.1, -0.05) is 29.8 Å². The fourth-order valence-corrected chi connectivity index (χ4v) is 5.42. The van der Waals surface area contributed by atoms with Gasteiger partial charge in [-0.15, -0.1) is 0 Å². The summed E-state index contributed by atoms with van der Waals surface area (Å²) >= 11 is 5.82. The molecule has 0 heterocycles. The lowest BCUT2D eigenvalue weighted by atomic mass is 10.1. The average molecular weight is 452 g/mol. The number of sulfone groups is 1. The standard InChI is InChI=1S/C20H18ClNO5S2/c1-13-14(2)20(23)19(28(24,25)16-10-8-15(21)9-11-16)12-18(13)22-29(26,27)17-6-4-3-5-7-17/h3-12,22-23H,1-2H3. The Morgan fingerprint density at radius 3 is 2.00 bits per heavy atom.